The number of carbonyl (C=O) groups excluding carboxylic acids is 2. The molecule has 1 saturated heterocycles. The highest BCUT2D eigenvalue weighted by Crippen LogP contribution is 2.30. The van der Waals surface area contributed by atoms with Crippen molar-refractivity contribution in [3.63, 3.8) is 0 Å². The van der Waals surface area contributed by atoms with Gasteiger partial charge in [0.05, 0.1) is 0 Å². The van der Waals surface area contributed by atoms with Crippen molar-refractivity contribution in [3.8, 4) is 0 Å². The summed E-state index contributed by atoms with van der Waals surface area (Å²) in [6, 6.07) is 18.0. The van der Waals surface area contributed by atoms with E-state index >= 15 is 0 Å². The first kappa shape index (κ1) is 21.6. The van der Waals surface area contributed by atoms with Gasteiger partial charge in [-0.15, -0.1) is 0 Å². The van der Waals surface area contributed by atoms with E-state index in [0.717, 1.165) is 62.5 Å². The fraction of sp³-hybridized carbons (Fsp3) is 0.333. The lowest BCUT2D eigenvalue weighted by atomic mass is 10.0. The molecule has 1 aromatic heterocycles. The summed E-state index contributed by atoms with van der Waals surface area (Å²) in [4.78, 5) is 40.9. The monoisotopic (exact) mass is 468 g/mol. The maximum Gasteiger partial charge on any atom is 0.322 e. The van der Waals surface area contributed by atoms with Gasteiger partial charge in [0, 0.05) is 49.7 Å². The second-order valence-electron chi connectivity index (χ2n) is 9.35. The van der Waals surface area contributed by atoms with Crippen LogP contribution in [0.25, 0.3) is 0 Å². The highest BCUT2D eigenvalue weighted by Gasteiger charge is 2.31. The molecule has 0 aliphatic carbocycles. The molecule has 3 aromatic rings. The Labute approximate surface area is 204 Å². The van der Waals surface area contributed by atoms with Gasteiger partial charge in [-0.2, -0.15) is 0 Å². The fourth-order valence-corrected chi connectivity index (χ4v) is 5.47. The quantitative estimate of drug-likeness (QED) is 0.633. The summed E-state index contributed by atoms with van der Waals surface area (Å²) in [6.07, 6.45) is 4.91. The number of aromatic nitrogens is 2. The topological polar surface area (TPSA) is 81.7 Å². The zero-order valence-electron chi connectivity index (χ0n) is 19.6. The zero-order chi connectivity index (χ0) is 23.8. The van der Waals surface area contributed by atoms with Crippen LogP contribution in [0, 0.1) is 0 Å². The van der Waals surface area contributed by atoms with Crippen LogP contribution < -0.4 is 15.1 Å². The molecule has 2 aromatic carbocycles. The predicted octanol–water partition coefficient (Wildman–Crippen LogP) is 3.74. The van der Waals surface area contributed by atoms with Crippen LogP contribution >= 0.6 is 0 Å². The molecule has 3 amide bonds. The molecule has 6 rings (SSSR count). The number of nitrogens with one attached hydrogen (secondary N) is 1. The van der Waals surface area contributed by atoms with Crippen molar-refractivity contribution >= 4 is 29.1 Å². The molecule has 0 unspecified atom stereocenters. The lowest BCUT2D eigenvalue weighted by molar-refractivity contribution is 0.0984. The lowest BCUT2D eigenvalue weighted by Gasteiger charge is -2.38. The Kier molecular flexibility index (Phi) is 5.56. The molecular weight excluding hydrogens is 440 g/mol. The molecule has 0 bridgehead atoms. The average Bonchev–Trinajstić information content (AvgIpc) is 3.26. The molecule has 0 saturated carbocycles. The molecule has 3 aliphatic rings. The van der Waals surface area contributed by atoms with Gasteiger partial charge in [-0.3, -0.25) is 4.79 Å². The van der Waals surface area contributed by atoms with E-state index in [9.17, 15) is 9.59 Å². The Morgan fingerprint density at radius 1 is 0.886 bits per heavy atom. The molecule has 0 spiro atoms. The lowest BCUT2D eigenvalue weighted by Crippen LogP contribution is -2.49. The number of benzene rings is 2. The number of para-hydroxylation sites is 2. The predicted molar refractivity (Wildman–Crippen MR) is 135 cm³/mol. The Hall–Kier alpha value is -3.94. The number of piperidine rings is 1. The van der Waals surface area contributed by atoms with Crippen molar-refractivity contribution in [1.29, 1.82) is 0 Å². The van der Waals surface area contributed by atoms with Gasteiger partial charge in [0.2, 0.25) is 0 Å². The second-order valence-corrected chi connectivity index (χ2v) is 9.35. The Morgan fingerprint density at radius 3 is 2.49 bits per heavy atom. The maximum absolute atomic E-state index is 13.2. The molecule has 3 aliphatic heterocycles. The molecule has 35 heavy (non-hydrogen) atoms. The standard InChI is InChI=1S/C27H28N6O2/c34-26(33-16-10-20-6-2-4-8-24(20)33)23-17-25(29-18-28-23)31-13-11-21(12-14-31)32-15-9-19-5-1-3-7-22(19)30-27(32)35/h1-8,17-18,21H,9-16H2,(H,30,35). The van der Waals surface area contributed by atoms with E-state index in [1.54, 1.807) is 6.07 Å². The minimum absolute atomic E-state index is 0.0192. The SMILES string of the molecule is O=C(c1cc(N2CCC(N3CCc4ccccc4NC3=O)CC2)ncn1)N1CCc2ccccc21. The number of rotatable bonds is 3. The molecule has 8 heteroatoms. The van der Waals surface area contributed by atoms with Crippen LogP contribution in [0.5, 0.6) is 0 Å². The van der Waals surface area contributed by atoms with Crippen LogP contribution in [0.4, 0.5) is 22.0 Å². The number of amides is 3. The van der Waals surface area contributed by atoms with Gasteiger partial charge in [0.25, 0.3) is 5.91 Å². The number of hydrogen-bond donors (Lipinski definition) is 1. The fourth-order valence-electron chi connectivity index (χ4n) is 5.47. The van der Waals surface area contributed by atoms with Crippen molar-refractivity contribution in [2.75, 3.05) is 41.3 Å². The van der Waals surface area contributed by atoms with E-state index in [0.29, 0.717) is 12.2 Å². The number of urea groups is 1. The Balaban J connectivity index is 1.12. The third-order valence-corrected chi connectivity index (χ3v) is 7.38. The van der Waals surface area contributed by atoms with Crippen molar-refractivity contribution in [2.24, 2.45) is 0 Å². The van der Waals surface area contributed by atoms with E-state index in [-0.39, 0.29) is 18.0 Å². The zero-order valence-corrected chi connectivity index (χ0v) is 19.6. The van der Waals surface area contributed by atoms with Crippen LogP contribution in [0.15, 0.2) is 60.9 Å². The average molecular weight is 469 g/mol. The largest absolute Gasteiger partial charge is 0.356 e. The van der Waals surface area contributed by atoms with Gasteiger partial charge >= 0.3 is 6.03 Å². The van der Waals surface area contributed by atoms with Gasteiger partial charge < -0.3 is 20.0 Å². The van der Waals surface area contributed by atoms with E-state index in [1.165, 1.54) is 17.5 Å². The summed E-state index contributed by atoms with van der Waals surface area (Å²) in [5.41, 5.74) is 4.67. The molecule has 178 valence electrons. The number of hydrogen-bond acceptors (Lipinski definition) is 5. The van der Waals surface area contributed by atoms with Crippen molar-refractivity contribution in [1.82, 2.24) is 14.9 Å². The number of fused-ring (bicyclic) bond motifs is 2. The first-order valence-electron chi connectivity index (χ1n) is 12.3. The van der Waals surface area contributed by atoms with Crippen molar-refractivity contribution < 1.29 is 9.59 Å². The van der Waals surface area contributed by atoms with Gasteiger partial charge in [0.15, 0.2) is 0 Å². The van der Waals surface area contributed by atoms with E-state index in [2.05, 4.69) is 32.3 Å². The van der Waals surface area contributed by atoms with Crippen molar-refractivity contribution in [3.05, 3.63) is 77.7 Å². The third kappa shape index (κ3) is 4.09. The van der Waals surface area contributed by atoms with E-state index in [1.807, 2.05) is 46.2 Å². The molecule has 4 heterocycles. The van der Waals surface area contributed by atoms with Crippen LogP contribution in [-0.2, 0) is 12.8 Å². The molecule has 8 nitrogen and oxygen atoms in total. The number of anilines is 3. The summed E-state index contributed by atoms with van der Waals surface area (Å²) in [5.74, 6) is 0.677. The number of carbonyl (C=O) groups is 2. The molecule has 1 fully saturated rings. The van der Waals surface area contributed by atoms with E-state index < -0.39 is 0 Å². The maximum atomic E-state index is 13.2. The van der Waals surface area contributed by atoms with Gasteiger partial charge in [-0.25, -0.2) is 14.8 Å². The normalized spacial score (nSPS) is 18.1. The highest BCUT2D eigenvalue weighted by atomic mass is 16.2. The summed E-state index contributed by atoms with van der Waals surface area (Å²) in [5, 5.41) is 3.08. The van der Waals surface area contributed by atoms with Gasteiger partial charge in [0.1, 0.15) is 17.8 Å². The molecule has 1 N–H and O–H groups in total. The minimum atomic E-state index is -0.0886. The Morgan fingerprint density at radius 2 is 1.63 bits per heavy atom. The third-order valence-electron chi connectivity index (χ3n) is 7.38. The highest BCUT2D eigenvalue weighted by molar-refractivity contribution is 6.06. The first-order valence-corrected chi connectivity index (χ1v) is 12.3. The van der Waals surface area contributed by atoms with Gasteiger partial charge in [-0.1, -0.05) is 36.4 Å². The summed E-state index contributed by atoms with van der Waals surface area (Å²) >= 11 is 0. The van der Waals surface area contributed by atoms with Crippen LogP contribution in [0.3, 0.4) is 0 Å². The summed E-state index contributed by atoms with van der Waals surface area (Å²) in [6.45, 7) is 2.94. The second kappa shape index (κ2) is 9.02. The van der Waals surface area contributed by atoms with Crippen LogP contribution in [0.1, 0.15) is 34.5 Å². The van der Waals surface area contributed by atoms with Crippen LogP contribution in [0.2, 0.25) is 0 Å². The summed E-state index contributed by atoms with van der Waals surface area (Å²) < 4.78 is 0. The van der Waals surface area contributed by atoms with E-state index in [4.69, 9.17) is 0 Å². The first-order chi connectivity index (χ1) is 17.2. The molecular formula is C27H28N6O2. The van der Waals surface area contributed by atoms with Crippen molar-refractivity contribution in [2.45, 2.75) is 31.7 Å². The van der Waals surface area contributed by atoms with Gasteiger partial charge in [-0.05, 0) is 48.9 Å². The Bertz CT molecular complexity index is 1270. The minimum Gasteiger partial charge on any atom is -0.356 e. The molecule has 0 radical (unpaired) electrons. The number of nitrogens with zero attached hydrogens (tertiary/aromatic N) is 5. The van der Waals surface area contributed by atoms with Crippen LogP contribution in [-0.4, -0.2) is 59.0 Å². The smallest absolute Gasteiger partial charge is 0.322 e. The molecule has 0 atom stereocenters. The summed E-state index contributed by atoms with van der Waals surface area (Å²) in [7, 11) is 0.